The number of nitrogens with zero attached hydrogens (tertiary/aromatic N) is 1. The summed E-state index contributed by atoms with van der Waals surface area (Å²) < 4.78 is 5.09. The molecule has 0 unspecified atom stereocenters. The summed E-state index contributed by atoms with van der Waals surface area (Å²) in [6, 6.07) is 12.2. The molecule has 0 bridgehead atoms. The van der Waals surface area contributed by atoms with Crippen LogP contribution in [0, 0.1) is 6.92 Å². The van der Waals surface area contributed by atoms with Crippen LogP contribution in [0.3, 0.4) is 0 Å². The van der Waals surface area contributed by atoms with Crippen LogP contribution in [-0.2, 0) is 13.1 Å². The zero-order valence-electron chi connectivity index (χ0n) is 8.73. The Balaban J connectivity index is 1.80. The monoisotopic (exact) mass is 202 g/mol. The second-order valence-corrected chi connectivity index (χ2v) is 3.52. The lowest BCUT2D eigenvalue weighted by Gasteiger charge is -2.01. The predicted molar refractivity (Wildman–Crippen MR) is 58.2 cm³/mol. The highest BCUT2D eigenvalue weighted by Gasteiger charge is 1.99. The van der Waals surface area contributed by atoms with E-state index in [0.29, 0.717) is 0 Å². The molecule has 3 heteroatoms. The van der Waals surface area contributed by atoms with Crippen LogP contribution in [0.25, 0.3) is 0 Å². The van der Waals surface area contributed by atoms with E-state index in [1.54, 1.807) is 0 Å². The van der Waals surface area contributed by atoms with E-state index in [1.807, 2.05) is 31.2 Å². The average Bonchev–Trinajstić information content (AvgIpc) is 2.66. The summed E-state index contributed by atoms with van der Waals surface area (Å²) in [6.07, 6.45) is 0. The molecule has 0 saturated carbocycles. The fourth-order valence-corrected chi connectivity index (χ4v) is 1.43. The molecular formula is C12H14N2O. The van der Waals surface area contributed by atoms with Crippen molar-refractivity contribution in [1.29, 1.82) is 0 Å². The van der Waals surface area contributed by atoms with E-state index in [9.17, 15) is 0 Å². The number of hydrogen-bond acceptors (Lipinski definition) is 3. The highest BCUT2D eigenvalue weighted by atomic mass is 16.5. The van der Waals surface area contributed by atoms with Crippen LogP contribution in [0.1, 0.15) is 17.0 Å². The minimum atomic E-state index is 0.718. The van der Waals surface area contributed by atoms with Gasteiger partial charge in [0, 0.05) is 12.6 Å². The third kappa shape index (κ3) is 2.92. The minimum absolute atomic E-state index is 0.718. The Bertz CT molecular complexity index is 409. The van der Waals surface area contributed by atoms with E-state index in [2.05, 4.69) is 22.6 Å². The first-order valence-electron chi connectivity index (χ1n) is 5.01. The summed E-state index contributed by atoms with van der Waals surface area (Å²) in [4.78, 5) is 0. The molecule has 2 rings (SSSR count). The maximum atomic E-state index is 5.09. The van der Waals surface area contributed by atoms with Crippen LogP contribution in [0.15, 0.2) is 40.9 Å². The quantitative estimate of drug-likeness (QED) is 0.826. The Morgan fingerprint density at radius 2 is 2.00 bits per heavy atom. The Hall–Kier alpha value is -1.61. The van der Waals surface area contributed by atoms with Crippen molar-refractivity contribution in [3.63, 3.8) is 0 Å². The van der Waals surface area contributed by atoms with Gasteiger partial charge in [0.1, 0.15) is 0 Å². The number of benzene rings is 1. The Morgan fingerprint density at radius 3 is 2.67 bits per heavy atom. The van der Waals surface area contributed by atoms with Gasteiger partial charge in [-0.3, -0.25) is 0 Å². The van der Waals surface area contributed by atoms with Gasteiger partial charge in [0.2, 0.25) is 0 Å². The summed E-state index contributed by atoms with van der Waals surface area (Å²) in [7, 11) is 0. The molecule has 0 aliphatic heterocycles. The van der Waals surface area contributed by atoms with E-state index in [4.69, 9.17) is 4.52 Å². The minimum Gasteiger partial charge on any atom is -0.360 e. The van der Waals surface area contributed by atoms with Crippen molar-refractivity contribution in [2.45, 2.75) is 20.0 Å². The van der Waals surface area contributed by atoms with Crippen LogP contribution >= 0.6 is 0 Å². The smallest absolute Gasteiger partial charge is 0.150 e. The summed E-state index contributed by atoms with van der Waals surface area (Å²) in [5.74, 6) is 0.878. The standard InChI is InChI=1S/C12H14N2O/c1-10-7-12(15-14-10)9-13-8-11-5-3-2-4-6-11/h2-7,13H,8-9H2,1H3. The molecule has 0 amide bonds. The van der Waals surface area contributed by atoms with Gasteiger partial charge in [0.25, 0.3) is 0 Å². The lowest BCUT2D eigenvalue weighted by Crippen LogP contribution is -2.11. The first-order chi connectivity index (χ1) is 7.34. The van der Waals surface area contributed by atoms with Crippen molar-refractivity contribution in [3.05, 3.63) is 53.4 Å². The zero-order valence-corrected chi connectivity index (χ0v) is 8.73. The molecule has 15 heavy (non-hydrogen) atoms. The van der Waals surface area contributed by atoms with Crippen molar-refractivity contribution in [1.82, 2.24) is 10.5 Å². The molecule has 1 heterocycles. The van der Waals surface area contributed by atoms with Gasteiger partial charge >= 0.3 is 0 Å². The molecule has 0 radical (unpaired) electrons. The van der Waals surface area contributed by atoms with Crippen molar-refractivity contribution >= 4 is 0 Å². The molecule has 78 valence electrons. The molecule has 0 atom stereocenters. The van der Waals surface area contributed by atoms with E-state index >= 15 is 0 Å². The van der Waals surface area contributed by atoms with Crippen LogP contribution in [0.5, 0.6) is 0 Å². The van der Waals surface area contributed by atoms with Gasteiger partial charge in [0.15, 0.2) is 5.76 Å². The van der Waals surface area contributed by atoms with Gasteiger partial charge in [-0.1, -0.05) is 35.5 Å². The molecule has 0 aliphatic carbocycles. The molecule has 1 aromatic heterocycles. The lowest BCUT2D eigenvalue weighted by molar-refractivity contribution is 0.369. The second-order valence-electron chi connectivity index (χ2n) is 3.52. The van der Waals surface area contributed by atoms with Crippen molar-refractivity contribution in [2.75, 3.05) is 0 Å². The molecule has 2 aromatic rings. The highest BCUT2D eigenvalue weighted by Crippen LogP contribution is 2.02. The molecule has 0 saturated heterocycles. The van der Waals surface area contributed by atoms with Crippen molar-refractivity contribution in [2.24, 2.45) is 0 Å². The molecule has 3 nitrogen and oxygen atoms in total. The third-order valence-electron chi connectivity index (χ3n) is 2.15. The summed E-state index contributed by atoms with van der Waals surface area (Å²) in [5.41, 5.74) is 2.19. The number of hydrogen-bond donors (Lipinski definition) is 1. The molecule has 1 aromatic carbocycles. The first-order valence-corrected chi connectivity index (χ1v) is 5.01. The molecule has 0 spiro atoms. The predicted octanol–water partition coefficient (Wildman–Crippen LogP) is 2.27. The SMILES string of the molecule is Cc1cc(CNCc2ccccc2)on1. The van der Waals surface area contributed by atoms with Crippen LogP contribution in [0.4, 0.5) is 0 Å². The van der Waals surface area contributed by atoms with Gasteiger partial charge in [-0.25, -0.2) is 0 Å². The first kappa shape index (κ1) is 9.93. The average molecular weight is 202 g/mol. The largest absolute Gasteiger partial charge is 0.360 e. The van der Waals surface area contributed by atoms with E-state index in [0.717, 1.165) is 24.5 Å². The van der Waals surface area contributed by atoms with E-state index in [1.165, 1.54) is 5.56 Å². The van der Waals surface area contributed by atoms with Crippen LogP contribution in [0.2, 0.25) is 0 Å². The van der Waals surface area contributed by atoms with Gasteiger partial charge in [-0.15, -0.1) is 0 Å². The molecular weight excluding hydrogens is 188 g/mol. The number of aromatic nitrogens is 1. The molecule has 1 N–H and O–H groups in total. The van der Waals surface area contributed by atoms with Crippen molar-refractivity contribution < 1.29 is 4.52 Å². The van der Waals surface area contributed by atoms with Crippen LogP contribution in [-0.4, -0.2) is 5.16 Å². The Morgan fingerprint density at radius 1 is 1.20 bits per heavy atom. The summed E-state index contributed by atoms with van der Waals surface area (Å²) >= 11 is 0. The second kappa shape index (κ2) is 4.75. The third-order valence-corrected chi connectivity index (χ3v) is 2.15. The number of rotatable bonds is 4. The zero-order chi connectivity index (χ0) is 10.5. The summed E-state index contributed by atoms with van der Waals surface area (Å²) in [5, 5.41) is 7.12. The molecule has 0 aliphatic rings. The maximum Gasteiger partial charge on any atom is 0.150 e. The number of aryl methyl sites for hydroxylation is 1. The van der Waals surface area contributed by atoms with E-state index < -0.39 is 0 Å². The fraction of sp³-hybridized carbons (Fsp3) is 0.250. The van der Waals surface area contributed by atoms with Crippen LogP contribution < -0.4 is 5.32 Å². The van der Waals surface area contributed by atoms with Gasteiger partial charge < -0.3 is 9.84 Å². The Labute approximate surface area is 89.1 Å². The van der Waals surface area contributed by atoms with Gasteiger partial charge in [-0.2, -0.15) is 0 Å². The van der Waals surface area contributed by atoms with E-state index in [-0.39, 0.29) is 0 Å². The van der Waals surface area contributed by atoms with Crippen molar-refractivity contribution in [3.8, 4) is 0 Å². The van der Waals surface area contributed by atoms with Gasteiger partial charge in [0.05, 0.1) is 12.2 Å². The van der Waals surface area contributed by atoms with Gasteiger partial charge in [-0.05, 0) is 12.5 Å². The highest BCUT2D eigenvalue weighted by molar-refractivity contribution is 5.14. The maximum absolute atomic E-state index is 5.09. The normalized spacial score (nSPS) is 10.5. The lowest BCUT2D eigenvalue weighted by atomic mass is 10.2. The fourth-order valence-electron chi connectivity index (χ4n) is 1.43. The topological polar surface area (TPSA) is 38.1 Å². The molecule has 0 fully saturated rings. The number of nitrogens with one attached hydrogen (secondary N) is 1. The summed E-state index contributed by atoms with van der Waals surface area (Å²) in [6.45, 7) is 3.49. The Kier molecular flexibility index (Phi) is 3.15.